The van der Waals surface area contributed by atoms with Crippen molar-refractivity contribution in [3.05, 3.63) is 42.2 Å². The highest BCUT2D eigenvalue weighted by atomic mass is 32.2. The molecule has 0 aliphatic rings. The lowest BCUT2D eigenvalue weighted by atomic mass is 10.2. The van der Waals surface area contributed by atoms with Crippen LogP contribution in [0, 0.1) is 4.78 Å². The average molecular weight is 289 g/mol. The molecule has 1 unspecified atom stereocenters. The van der Waals surface area contributed by atoms with Crippen LogP contribution in [0.4, 0.5) is 0 Å². The van der Waals surface area contributed by atoms with Gasteiger partial charge in [-0.1, -0.05) is 18.2 Å². The van der Waals surface area contributed by atoms with Gasteiger partial charge < -0.3 is 5.11 Å². The number of carboxylic acid groups (broad SMARTS) is 1. The second kappa shape index (κ2) is 4.04. The van der Waals surface area contributed by atoms with E-state index < -0.39 is 15.7 Å². The molecule has 2 N–H and O–H groups in total. The molecule has 3 aromatic rings. The number of nitrogens with one attached hydrogen (secondary N) is 1. The van der Waals surface area contributed by atoms with E-state index in [1.165, 1.54) is 18.5 Å². The standard InChI is InChI=1S/C13H11N3O3S/c1-20(14,19)11-6-12-15-9(13(17)18)7-16(12)10-5-3-2-4-8(10)11/h2-7,14H,1H3,(H,17,18). The number of nitrogens with zero attached hydrogens (tertiary/aromatic N) is 2. The number of aromatic nitrogens is 2. The zero-order chi connectivity index (χ0) is 14.5. The van der Waals surface area contributed by atoms with Gasteiger partial charge in [0.05, 0.1) is 20.1 Å². The van der Waals surface area contributed by atoms with Gasteiger partial charge >= 0.3 is 5.97 Å². The summed E-state index contributed by atoms with van der Waals surface area (Å²) >= 11 is 0. The molecule has 2 heterocycles. The van der Waals surface area contributed by atoms with Gasteiger partial charge in [-0.2, -0.15) is 0 Å². The molecule has 7 heteroatoms. The van der Waals surface area contributed by atoms with Gasteiger partial charge in [-0.05, 0) is 12.1 Å². The van der Waals surface area contributed by atoms with Crippen molar-refractivity contribution in [1.82, 2.24) is 9.38 Å². The molecule has 0 aliphatic heterocycles. The van der Waals surface area contributed by atoms with E-state index in [9.17, 15) is 9.00 Å². The minimum absolute atomic E-state index is 0.0834. The van der Waals surface area contributed by atoms with Crippen molar-refractivity contribution in [3.8, 4) is 0 Å². The fraction of sp³-hybridized carbons (Fsp3) is 0.0769. The van der Waals surface area contributed by atoms with Gasteiger partial charge in [0, 0.05) is 17.8 Å². The predicted molar refractivity (Wildman–Crippen MR) is 74.7 cm³/mol. The predicted octanol–water partition coefficient (Wildman–Crippen LogP) is 2.22. The number of carboxylic acids is 1. The summed E-state index contributed by atoms with van der Waals surface area (Å²) in [6.07, 6.45) is 2.76. The van der Waals surface area contributed by atoms with Gasteiger partial charge in [-0.3, -0.25) is 4.40 Å². The lowest BCUT2D eigenvalue weighted by Crippen LogP contribution is -1.99. The normalized spacial score (nSPS) is 14.4. The molecule has 0 amide bonds. The Bertz CT molecular complexity index is 958. The van der Waals surface area contributed by atoms with Gasteiger partial charge in [0.25, 0.3) is 0 Å². The number of carbonyl (C=O) groups is 1. The SMILES string of the molecule is CS(=N)(=O)c1cc2nc(C(=O)O)cn2c2ccccc12. The van der Waals surface area contributed by atoms with Crippen molar-refractivity contribution in [2.45, 2.75) is 4.90 Å². The molecular weight excluding hydrogens is 278 g/mol. The van der Waals surface area contributed by atoms with Gasteiger partial charge in [-0.25, -0.2) is 18.8 Å². The number of fused-ring (bicyclic) bond motifs is 3. The highest BCUT2D eigenvalue weighted by molar-refractivity contribution is 7.92. The Morgan fingerprint density at radius 2 is 2.10 bits per heavy atom. The smallest absolute Gasteiger partial charge is 0.356 e. The van der Waals surface area contributed by atoms with Gasteiger partial charge in [-0.15, -0.1) is 0 Å². The van der Waals surface area contributed by atoms with Gasteiger partial charge in [0.1, 0.15) is 5.65 Å². The highest BCUT2D eigenvalue weighted by Crippen LogP contribution is 2.26. The van der Waals surface area contributed by atoms with E-state index >= 15 is 0 Å². The molecule has 0 aliphatic carbocycles. The largest absolute Gasteiger partial charge is 0.476 e. The Morgan fingerprint density at radius 1 is 1.40 bits per heavy atom. The fourth-order valence-corrected chi connectivity index (χ4v) is 3.12. The Hall–Kier alpha value is -2.41. The van der Waals surface area contributed by atoms with Crippen LogP contribution in [0.15, 0.2) is 41.4 Å². The first-order chi connectivity index (χ1) is 9.38. The van der Waals surface area contributed by atoms with Crippen LogP contribution in [0.25, 0.3) is 16.6 Å². The monoisotopic (exact) mass is 289 g/mol. The van der Waals surface area contributed by atoms with E-state index in [0.29, 0.717) is 21.4 Å². The number of rotatable bonds is 2. The maximum atomic E-state index is 12.1. The number of benzene rings is 1. The molecule has 0 bridgehead atoms. The van der Waals surface area contributed by atoms with Crippen LogP contribution in [0.1, 0.15) is 10.5 Å². The van der Waals surface area contributed by atoms with Crippen LogP contribution < -0.4 is 0 Å². The molecule has 2 aromatic heterocycles. The van der Waals surface area contributed by atoms with Crippen molar-refractivity contribution in [1.29, 1.82) is 4.78 Å². The molecule has 3 rings (SSSR count). The second-order valence-electron chi connectivity index (χ2n) is 4.53. The molecule has 102 valence electrons. The summed E-state index contributed by atoms with van der Waals surface area (Å²) in [7, 11) is -2.93. The molecular formula is C13H11N3O3S. The third kappa shape index (κ3) is 1.83. The Morgan fingerprint density at radius 3 is 2.75 bits per heavy atom. The number of pyridine rings is 1. The Labute approximate surface area is 114 Å². The van der Waals surface area contributed by atoms with E-state index in [0.717, 1.165) is 0 Å². The van der Waals surface area contributed by atoms with E-state index in [1.54, 1.807) is 28.7 Å². The average Bonchev–Trinajstić information content (AvgIpc) is 2.81. The van der Waals surface area contributed by atoms with Crippen molar-refractivity contribution in [2.75, 3.05) is 6.26 Å². The molecule has 1 atom stereocenters. The molecule has 20 heavy (non-hydrogen) atoms. The van der Waals surface area contributed by atoms with Crippen molar-refractivity contribution in [2.24, 2.45) is 0 Å². The van der Waals surface area contributed by atoms with Crippen molar-refractivity contribution in [3.63, 3.8) is 0 Å². The zero-order valence-corrected chi connectivity index (χ0v) is 11.3. The van der Waals surface area contributed by atoms with Crippen LogP contribution in [-0.4, -0.2) is 30.9 Å². The first-order valence-corrected chi connectivity index (χ1v) is 7.72. The maximum Gasteiger partial charge on any atom is 0.356 e. The van der Waals surface area contributed by atoms with Crippen LogP contribution in [-0.2, 0) is 9.73 Å². The first-order valence-electron chi connectivity index (χ1n) is 5.76. The minimum Gasteiger partial charge on any atom is -0.476 e. The first kappa shape index (κ1) is 12.6. The van der Waals surface area contributed by atoms with E-state index in [-0.39, 0.29) is 5.69 Å². The number of hydrogen-bond acceptors (Lipinski definition) is 4. The molecule has 1 aromatic carbocycles. The number of hydrogen-bond donors (Lipinski definition) is 2. The van der Waals surface area contributed by atoms with E-state index in [2.05, 4.69) is 4.98 Å². The third-order valence-electron chi connectivity index (χ3n) is 3.06. The summed E-state index contributed by atoms with van der Waals surface area (Å²) in [6.45, 7) is 0. The van der Waals surface area contributed by atoms with Gasteiger partial charge in [0.2, 0.25) is 0 Å². The van der Waals surface area contributed by atoms with E-state index in [1.807, 2.05) is 0 Å². The lowest BCUT2D eigenvalue weighted by Gasteiger charge is -2.08. The highest BCUT2D eigenvalue weighted by Gasteiger charge is 2.15. The fourth-order valence-electron chi connectivity index (χ4n) is 2.20. The van der Waals surface area contributed by atoms with Crippen LogP contribution in [0.3, 0.4) is 0 Å². The Balaban J connectivity index is 2.55. The van der Waals surface area contributed by atoms with E-state index in [4.69, 9.17) is 9.89 Å². The number of para-hydroxylation sites is 1. The summed E-state index contributed by atoms with van der Waals surface area (Å²) in [5, 5.41) is 9.68. The second-order valence-corrected chi connectivity index (χ2v) is 6.66. The topological polar surface area (TPSA) is 95.5 Å². The summed E-state index contributed by atoms with van der Waals surface area (Å²) in [5.74, 6) is -1.12. The molecule has 0 saturated carbocycles. The van der Waals surface area contributed by atoms with Crippen LogP contribution in [0.2, 0.25) is 0 Å². The summed E-state index contributed by atoms with van der Waals surface area (Å²) in [6, 6.07) is 8.65. The van der Waals surface area contributed by atoms with Crippen LogP contribution >= 0.6 is 0 Å². The Kier molecular flexibility index (Phi) is 2.55. The van der Waals surface area contributed by atoms with Gasteiger partial charge in [0.15, 0.2) is 5.69 Å². The number of aromatic carboxylic acids is 1. The molecule has 0 saturated heterocycles. The minimum atomic E-state index is -2.93. The quantitative estimate of drug-likeness (QED) is 0.756. The third-order valence-corrected chi connectivity index (χ3v) is 4.24. The van der Waals surface area contributed by atoms with Crippen molar-refractivity contribution < 1.29 is 14.1 Å². The molecule has 6 nitrogen and oxygen atoms in total. The molecule has 0 spiro atoms. The number of imidazole rings is 1. The van der Waals surface area contributed by atoms with Crippen molar-refractivity contribution >= 4 is 32.2 Å². The molecule has 0 fully saturated rings. The molecule has 0 radical (unpaired) electrons. The van der Waals surface area contributed by atoms with Crippen LogP contribution in [0.5, 0.6) is 0 Å². The summed E-state index contributed by atoms with van der Waals surface area (Å²) in [4.78, 5) is 15.4. The lowest BCUT2D eigenvalue weighted by molar-refractivity contribution is 0.0691. The maximum absolute atomic E-state index is 12.1. The summed E-state index contributed by atoms with van der Waals surface area (Å²) in [5.41, 5.74) is 0.972. The zero-order valence-electron chi connectivity index (χ0n) is 10.5. The summed E-state index contributed by atoms with van der Waals surface area (Å²) < 4.78 is 21.5.